The number of carbonyl (C=O) groups excluding carboxylic acids is 1. The maximum atomic E-state index is 11.8. The molecule has 2 rings (SSSR count). The summed E-state index contributed by atoms with van der Waals surface area (Å²) in [6.07, 6.45) is 0. The summed E-state index contributed by atoms with van der Waals surface area (Å²) in [6.45, 7) is 6.35. The van der Waals surface area contributed by atoms with Crippen LogP contribution >= 0.6 is 12.2 Å². The summed E-state index contributed by atoms with van der Waals surface area (Å²) in [5.41, 5.74) is 3.25. The number of carbonyl (C=O) groups is 1. The summed E-state index contributed by atoms with van der Waals surface area (Å²) < 4.78 is 10.5. The Morgan fingerprint density at radius 2 is 1.85 bits per heavy atom. The number of hydrogen-bond acceptors (Lipinski definition) is 4. The molecule has 2 aromatic carbocycles. The van der Waals surface area contributed by atoms with Crippen molar-refractivity contribution >= 4 is 29.0 Å². The predicted octanol–water partition coefficient (Wildman–Crippen LogP) is 3.84. The second kappa shape index (κ2) is 9.20. The molecule has 0 amide bonds. The zero-order valence-corrected chi connectivity index (χ0v) is 16.3. The Morgan fingerprint density at radius 1 is 1.15 bits per heavy atom. The van der Waals surface area contributed by atoms with Gasteiger partial charge in [0.1, 0.15) is 12.4 Å². The van der Waals surface area contributed by atoms with Crippen molar-refractivity contribution in [2.24, 2.45) is 0 Å². The molecule has 0 fully saturated rings. The van der Waals surface area contributed by atoms with Gasteiger partial charge < -0.3 is 20.1 Å². The lowest BCUT2D eigenvalue weighted by Crippen LogP contribution is -2.39. The van der Waals surface area contributed by atoms with Gasteiger partial charge in [-0.2, -0.15) is 0 Å². The summed E-state index contributed by atoms with van der Waals surface area (Å²) in [5.74, 6) is 0.453. The van der Waals surface area contributed by atoms with Crippen LogP contribution in [-0.2, 0) is 4.74 Å². The van der Waals surface area contributed by atoms with Crippen molar-refractivity contribution in [1.29, 1.82) is 0 Å². The van der Waals surface area contributed by atoms with Gasteiger partial charge in [-0.15, -0.1) is 0 Å². The summed E-state index contributed by atoms with van der Waals surface area (Å²) >= 11 is 5.36. The van der Waals surface area contributed by atoms with Crippen molar-refractivity contribution < 1.29 is 14.3 Å². The van der Waals surface area contributed by atoms with Gasteiger partial charge in [0.15, 0.2) is 5.11 Å². The molecule has 1 unspecified atom stereocenters. The first-order valence-corrected chi connectivity index (χ1v) is 8.76. The van der Waals surface area contributed by atoms with Crippen molar-refractivity contribution in [2.75, 3.05) is 19.0 Å². The maximum absolute atomic E-state index is 11.8. The van der Waals surface area contributed by atoms with Gasteiger partial charge in [0, 0.05) is 5.69 Å². The number of hydrogen-bond donors (Lipinski definition) is 2. The van der Waals surface area contributed by atoms with E-state index in [1.807, 2.05) is 51.1 Å². The van der Waals surface area contributed by atoms with Crippen molar-refractivity contribution in [3.63, 3.8) is 0 Å². The first-order chi connectivity index (χ1) is 12.4. The third kappa shape index (κ3) is 5.46. The van der Waals surface area contributed by atoms with E-state index < -0.39 is 0 Å². The zero-order valence-electron chi connectivity index (χ0n) is 15.5. The topological polar surface area (TPSA) is 59.6 Å². The Hall–Kier alpha value is -2.60. The molecule has 0 radical (unpaired) electrons. The standard InChI is InChI=1S/C20H24N2O3S/c1-13-8-10-16(11-9-13)25-12-14(2)21-20(26)22-18-7-5-6-17(15(18)3)19(23)24-4/h5-11,14H,12H2,1-4H3,(H2,21,22,26). The lowest BCUT2D eigenvalue weighted by Gasteiger charge is -2.19. The Kier molecular flexibility index (Phi) is 6.97. The first-order valence-electron chi connectivity index (χ1n) is 8.35. The van der Waals surface area contributed by atoms with Crippen LogP contribution in [0.4, 0.5) is 5.69 Å². The summed E-state index contributed by atoms with van der Waals surface area (Å²) in [6, 6.07) is 13.3. The largest absolute Gasteiger partial charge is 0.491 e. The van der Waals surface area contributed by atoms with Crippen molar-refractivity contribution in [1.82, 2.24) is 5.32 Å². The number of nitrogens with one attached hydrogen (secondary N) is 2. The lowest BCUT2D eigenvalue weighted by atomic mass is 10.1. The van der Waals surface area contributed by atoms with Gasteiger partial charge in [-0.1, -0.05) is 23.8 Å². The molecule has 2 aromatic rings. The van der Waals surface area contributed by atoms with Crippen LogP contribution in [0, 0.1) is 13.8 Å². The quantitative estimate of drug-likeness (QED) is 0.593. The van der Waals surface area contributed by atoms with Gasteiger partial charge in [-0.05, 0) is 62.8 Å². The van der Waals surface area contributed by atoms with E-state index in [-0.39, 0.29) is 12.0 Å². The minimum atomic E-state index is -0.370. The molecular weight excluding hydrogens is 348 g/mol. The van der Waals surface area contributed by atoms with Crippen molar-refractivity contribution in [3.8, 4) is 5.75 Å². The number of esters is 1. The number of ether oxygens (including phenoxy) is 2. The molecule has 0 spiro atoms. The van der Waals surface area contributed by atoms with E-state index >= 15 is 0 Å². The highest BCUT2D eigenvalue weighted by Gasteiger charge is 2.13. The average molecular weight is 372 g/mol. The fourth-order valence-corrected chi connectivity index (χ4v) is 2.69. The Labute approximate surface area is 159 Å². The van der Waals surface area contributed by atoms with E-state index in [9.17, 15) is 4.79 Å². The van der Waals surface area contributed by atoms with Crippen LogP contribution < -0.4 is 15.4 Å². The number of benzene rings is 2. The number of methoxy groups -OCH3 is 1. The average Bonchev–Trinajstić information content (AvgIpc) is 2.62. The summed E-state index contributed by atoms with van der Waals surface area (Å²) in [5, 5.41) is 6.77. The Balaban J connectivity index is 1.90. The molecule has 0 aliphatic rings. The van der Waals surface area contributed by atoms with Crippen LogP contribution in [0.1, 0.15) is 28.4 Å². The van der Waals surface area contributed by atoms with E-state index in [1.165, 1.54) is 12.7 Å². The van der Waals surface area contributed by atoms with E-state index in [4.69, 9.17) is 21.7 Å². The summed E-state index contributed by atoms with van der Waals surface area (Å²) in [4.78, 5) is 11.8. The molecule has 0 aliphatic carbocycles. The number of aryl methyl sites for hydroxylation is 1. The molecular formula is C20H24N2O3S. The van der Waals surface area contributed by atoms with Gasteiger partial charge >= 0.3 is 5.97 Å². The molecule has 0 bridgehead atoms. The van der Waals surface area contributed by atoms with E-state index in [2.05, 4.69) is 10.6 Å². The van der Waals surface area contributed by atoms with Crippen LogP contribution in [0.25, 0.3) is 0 Å². The summed E-state index contributed by atoms with van der Waals surface area (Å²) in [7, 11) is 1.36. The number of anilines is 1. The predicted molar refractivity (Wildman–Crippen MR) is 108 cm³/mol. The molecule has 0 heterocycles. The molecule has 0 saturated heterocycles. The van der Waals surface area contributed by atoms with Crippen LogP contribution in [0.5, 0.6) is 5.75 Å². The Bertz CT molecular complexity index is 775. The van der Waals surface area contributed by atoms with Gasteiger partial charge in [0.25, 0.3) is 0 Å². The number of thiocarbonyl (C=S) groups is 1. The Morgan fingerprint density at radius 3 is 2.50 bits per heavy atom. The monoisotopic (exact) mass is 372 g/mol. The van der Waals surface area contributed by atoms with Crippen molar-refractivity contribution in [3.05, 3.63) is 59.2 Å². The van der Waals surface area contributed by atoms with Crippen molar-refractivity contribution in [2.45, 2.75) is 26.8 Å². The van der Waals surface area contributed by atoms with Gasteiger partial charge in [0.2, 0.25) is 0 Å². The fraction of sp³-hybridized carbons (Fsp3) is 0.300. The molecule has 5 nitrogen and oxygen atoms in total. The van der Waals surface area contributed by atoms with Crippen LogP contribution in [0.3, 0.4) is 0 Å². The third-order valence-corrected chi connectivity index (χ3v) is 4.11. The minimum absolute atomic E-state index is 0.0143. The highest BCUT2D eigenvalue weighted by atomic mass is 32.1. The number of rotatable bonds is 6. The van der Waals surface area contributed by atoms with Gasteiger partial charge in [-0.3, -0.25) is 0 Å². The van der Waals surface area contributed by atoms with Crippen LogP contribution in [0.15, 0.2) is 42.5 Å². The molecule has 0 aliphatic heterocycles. The second-order valence-corrected chi connectivity index (χ2v) is 6.50. The van der Waals surface area contributed by atoms with E-state index in [1.54, 1.807) is 12.1 Å². The lowest BCUT2D eigenvalue weighted by molar-refractivity contribution is 0.0600. The molecule has 26 heavy (non-hydrogen) atoms. The van der Waals surface area contributed by atoms with Crippen LogP contribution in [-0.4, -0.2) is 30.8 Å². The highest BCUT2D eigenvalue weighted by Crippen LogP contribution is 2.19. The van der Waals surface area contributed by atoms with E-state index in [0.717, 1.165) is 17.0 Å². The first kappa shape index (κ1) is 19.7. The third-order valence-electron chi connectivity index (χ3n) is 3.89. The molecule has 0 saturated carbocycles. The normalized spacial score (nSPS) is 11.4. The smallest absolute Gasteiger partial charge is 0.338 e. The molecule has 1 atom stereocenters. The second-order valence-electron chi connectivity index (χ2n) is 6.09. The maximum Gasteiger partial charge on any atom is 0.338 e. The molecule has 6 heteroatoms. The SMILES string of the molecule is COC(=O)c1cccc(NC(=S)NC(C)COc2ccc(C)cc2)c1C. The minimum Gasteiger partial charge on any atom is -0.491 e. The molecule has 2 N–H and O–H groups in total. The molecule has 0 aromatic heterocycles. The van der Waals surface area contributed by atoms with Gasteiger partial charge in [-0.25, -0.2) is 4.79 Å². The fourth-order valence-electron chi connectivity index (χ4n) is 2.38. The molecule has 138 valence electrons. The van der Waals surface area contributed by atoms with Gasteiger partial charge in [0.05, 0.1) is 18.7 Å². The highest BCUT2D eigenvalue weighted by molar-refractivity contribution is 7.80. The van der Waals surface area contributed by atoms with Crippen LogP contribution in [0.2, 0.25) is 0 Å². The van der Waals surface area contributed by atoms with E-state index in [0.29, 0.717) is 17.3 Å². The zero-order chi connectivity index (χ0) is 19.1.